The van der Waals surface area contributed by atoms with E-state index in [4.69, 9.17) is 11.6 Å². The van der Waals surface area contributed by atoms with Crippen molar-refractivity contribution in [2.45, 2.75) is 6.54 Å². The van der Waals surface area contributed by atoms with Crippen molar-refractivity contribution in [3.05, 3.63) is 101 Å². The van der Waals surface area contributed by atoms with Crippen molar-refractivity contribution < 1.29 is 4.79 Å². The van der Waals surface area contributed by atoms with E-state index in [2.05, 4.69) is 16.9 Å². The molecule has 1 aliphatic rings. The van der Waals surface area contributed by atoms with Crippen LogP contribution in [0, 0.1) is 0 Å². The molecule has 4 nitrogen and oxygen atoms in total. The van der Waals surface area contributed by atoms with Crippen LogP contribution in [0.5, 0.6) is 0 Å². The van der Waals surface area contributed by atoms with Gasteiger partial charge in [-0.1, -0.05) is 48.5 Å². The first kappa shape index (κ1) is 17.2. The molecular weight excluding hydrogens is 358 g/mol. The third-order valence-corrected chi connectivity index (χ3v) is 4.67. The summed E-state index contributed by atoms with van der Waals surface area (Å²) in [5.74, 6) is 0.665. The molecule has 27 heavy (non-hydrogen) atoms. The second kappa shape index (κ2) is 7.17. The predicted molar refractivity (Wildman–Crippen MR) is 110 cm³/mol. The van der Waals surface area contributed by atoms with Crippen LogP contribution < -0.4 is 10.2 Å². The van der Waals surface area contributed by atoms with Crippen LogP contribution >= 0.6 is 11.6 Å². The molecule has 0 spiro atoms. The van der Waals surface area contributed by atoms with E-state index in [9.17, 15) is 4.79 Å². The Hall–Kier alpha value is -3.24. The topological polar surface area (TPSA) is 48.1 Å². The zero-order chi connectivity index (χ0) is 18.8. The maximum atomic E-state index is 12.6. The van der Waals surface area contributed by atoms with E-state index >= 15 is 0 Å². The summed E-state index contributed by atoms with van der Waals surface area (Å²) in [7, 11) is 0. The molecular formula is C22H18ClN3O. The van der Waals surface area contributed by atoms with Crippen molar-refractivity contribution in [3.63, 3.8) is 0 Å². The Morgan fingerprint density at radius 2 is 1.81 bits per heavy atom. The number of amides is 1. The minimum atomic E-state index is -0.150. The summed E-state index contributed by atoms with van der Waals surface area (Å²) >= 11 is 6.00. The van der Waals surface area contributed by atoms with Crippen LogP contribution in [0.25, 0.3) is 6.08 Å². The lowest BCUT2D eigenvalue weighted by Gasteiger charge is -2.27. The van der Waals surface area contributed by atoms with Crippen LogP contribution in [0.1, 0.15) is 21.6 Å². The second-order valence-corrected chi connectivity index (χ2v) is 6.73. The van der Waals surface area contributed by atoms with E-state index in [-0.39, 0.29) is 5.91 Å². The smallest absolute Gasteiger partial charge is 0.268 e. The van der Waals surface area contributed by atoms with E-state index in [0.717, 1.165) is 28.3 Å². The average Bonchev–Trinajstić information content (AvgIpc) is 3.12. The average molecular weight is 376 g/mol. The van der Waals surface area contributed by atoms with Gasteiger partial charge in [-0.05, 0) is 48.0 Å². The Balaban J connectivity index is 1.58. The number of H-pyrrole nitrogens is 1. The molecule has 0 radical (unpaired) electrons. The van der Waals surface area contributed by atoms with E-state index < -0.39 is 0 Å². The molecule has 2 heterocycles. The first-order valence-electron chi connectivity index (χ1n) is 8.59. The second-order valence-electron chi connectivity index (χ2n) is 6.29. The van der Waals surface area contributed by atoms with Crippen molar-refractivity contribution in [1.82, 2.24) is 10.3 Å². The molecule has 1 aromatic heterocycles. The fourth-order valence-electron chi connectivity index (χ4n) is 3.06. The standard InChI is InChI=1S/C22H18ClN3O/c1-15-7-8-17-13-20(22(27)24-14-16-5-3-2-4-6-16)25-21(17)26(15)19-11-9-18(23)10-12-19/h2-13,25H,1,14H2,(H,24,27). The molecule has 134 valence electrons. The van der Waals surface area contributed by atoms with Gasteiger partial charge in [-0.15, -0.1) is 0 Å². The SMILES string of the molecule is C=C1C=Cc2cc(C(=O)NCc3ccccc3)[nH]c2N1c1ccc(Cl)cc1. The quantitative estimate of drug-likeness (QED) is 0.652. The van der Waals surface area contributed by atoms with Gasteiger partial charge in [0.05, 0.1) is 0 Å². The van der Waals surface area contributed by atoms with Gasteiger partial charge < -0.3 is 10.3 Å². The van der Waals surface area contributed by atoms with Crippen molar-refractivity contribution in [1.29, 1.82) is 0 Å². The molecule has 0 saturated heterocycles. The van der Waals surface area contributed by atoms with Gasteiger partial charge in [0, 0.05) is 28.5 Å². The number of aromatic nitrogens is 1. The molecule has 1 amide bonds. The fourth-order valence-corrected chi connectivity index (χ4v) is 3.18. The van der Waals surface area contributed by atoms with Crippen LogP contribution in [-0.2, 0) is 6.54 Å². The number of carbonyl (C=O) groups is 1. The van der Waals surface area contributed by atoms with Crippen LogP contribution in [0.3, 0.4) is 0 Å². The molecule has 0 atom stereocenters. The molecule has 0 unspecified atom stereocenters. The Morgan fingerprint density at radius 3 is 2.56 bits per heavy atom. The van der Waals surface area contributed by atoms with Crippen molar-refractivity contribution >= 4 is 35.1 Å². The Bertz CT molecular complexity index is 1020. The number of benzene rings is 2. The number of hydrogen-bond acceptors (Lipinski definition) is 2. The highest BCUT2D eigenvalue weighted by Gasteiger charge is 2.22. The third kappa shape index (κ3) is 3.52. The lowest BCUT2D eigenvalue weighted by molar-refractivity contribution is 0.0946. The molecule has 5 heteroatoms. The normalized spacial score (nSPS) is 12.8. The van der Waals surface area contributed by atoms with Crippen LogP contribution in [-0.4, -0.2) is 10.9 Å². The number of anilines is 2. The zero-order valence-electron chi connectivity index (χ0n) is 14.6. The Morgan fingerprint density at radius 1 is 1.07 bits per heavy atom. The van der Waals surface area contributed by atoms with Crippen molar-refractivity contribution in [3.8, 4) is 0 Å². The van der Waals surface area contributed by atoms with Gasteiger partial charge in [0.1, 0.15) is 11.5 Å². The molecule has 0 aliphatic carbocycles. The highest BCUT2D eigenvalue weighted by molar-refractivity contribution is 6.30. The van der Waals surface area contributed by atoms with Crippen molar-refractivity contribution in [2.24, 2.45) is 0 Å². The van der Waals surface area contributed by atoms with Gasteiger partial charge in [-0.3, -0.25) is 9.69 Å². The summed E-state index contributed by atoms with van der Waals surface area (Å²) < 4.78 is 0. The number of aromatic amines is 1. The molecule has 4 rings (SSSR count). The summed E-state index contributed by atoms with van der Waals surface area (Å²) in [6, 6.07) is 19.2. The van der Waals surface area contributed by atoms with Crippen LogP contribution in [0.15, 0.2) is 79.0 Å². The Labute approximate surface area is 162 Å². The highest BCUT2D eigenvalue weighted by atomic mass is 35.5. The summed E-state index contributed by atoms with van der Waals surface area (Å²) in [5, 5.41) is 3.62. The minimum Gasteiger partial charge on any atom is -0.347 e. The first-order chi connectivity index (χ1) is 13.1. The van der Waals surface area contributed by atoms with Gasteiger partial charge in [0.2, 0.25) is 0 Å². The molecule has 3 aromatic rings. The zero-order valence-corrected chi connectivity index (χ0v) is 15.3. The molecule has 2 aromatic carbocycles. The number of allylic oxidation sites excluding steroid dienone is 1. The number of fused-ring (bicyclic) bond motifs is 1. The fraction of sp³-hybridized carbons (Fsp3) is 0.0455. The maximum absolute atomic E-state index is 12.6. The van der Waals surface area contributed by atoms with Gasteiger partial charge >= 0.3 is 0 Å². The van der Waals surface area contributed by atoms with Gasteiger partial charge in [0.25, 0.3) is 5.91 Å². The number of rotatable bonds is 4. The number of nitrogens with zero attached hydrogens (tertiary/aromatic N) is 1. The molecule has 0 fully saturated rings. The highest BCUT2D eigenvalue weighted by Crippen LogP contribution is 2.36. The van der Waals surface area contributed by atoms with Gasteiger partial charge in [-0.2, -0.15) is 0 Å². The van der Waals surface area contributed by atoms with E-state index in [1.807, 2.05) is 77.7 Å². The third-order valence-electron chi connectivity index (χ3n) is 4.42. The van der Waals surface area contributed by atoms with Crippen LogP contribution in [0.4, 0.5) is 11.5 Å². The lowest BCUT2D eigenvalue weighted by Crippen LogP contribution is -2.23. The van der Waals surface area contributed by atoms with E-state index in [1.165, 1.54) is 0 Å². The minimum absolute atomic E-state index is 0.150. The number of hydrogen-bond donors (Lipinski definition) is 2. The Kier molecular flexibility index (Phi) is 4.57. The van der Waals surface area contributed by atoms with Gasteiger partial charge in [-0.25, -0.2) is 0 Å². The lowest BCUT2D eigenvalue weighted by atomic mass is 10.1. The summed E-state index contributed by atoms with van der Waals surface area (Å²) in [6.07, 6.45) is 3.88. The molecule has 1 aliphatic heterocycles. The number of carbonyl (C=O) groups excluding carboxylic acids is 1. The monoisotopic (exact) mass is 375 g/mol. The summed E-state index contributed by atoms with van der Waals surface area (Å²) in [6.45, 7) is 4.59. The van der Waals surface area contributed by atoms with Crippen molar-refractivity contribution in [2.75, 3.05) is 4.90 Å². The number of halogens is 1. The molecule has 2 N–H and O–H groups in total. The summed E-state index contributed by atoms with van der Waals surface area (Å²) in [4.78, 5) is 17.8. The largest absolute Gasteiger partial charge is 0.347 e. The first-order valence-corrected chi connectivity index (χ1v) is 8.97. The summed E-state index contributed by atoms with van der Waals surface area (Å²) in [5.41, 5.74) is 4.23. The molecule has 0 saturated carbocycles. The molecule has 0 bridgehead atoms. The van der Waals surface area contributed by atoms with Gasteiger partial charge in [0.15, 0.2) is 0 Å². The maximum Gasteiger partial charge on any atom is 0.268 e. The number of nitrogens with one attached hydrogen (secondary N) is 2. The van der Waals surface area contributed by atoms with E-state index in [1.54, 1.807) is 0 Å². The predicted octanol–water partition coefficient (Wildman–Crippen LogP) is 5.28. The van der Waals surface area contributed by atoms with E-state index in [0.29, 0.717) is 17.3 Å². The van der Waals surface area contributed by atoms with Crippen LogP contribution in [0.2, 0.25) is 5.02 Å².